The third-order valence-corrected chi connectivity index (χ3v) is 9.30. The lowest BCUT2D eigenvalue weighted by Gasteiger charge is -2.12. The van der Waals surface area contributed by atoms with Gasteiger partial charge in [0.2, 0.25) is 0 Å². The standard InChI is InChI=1S/C38H34N8O2/c1-20-25-10-6-14-29(43-37(47)41-27-12-4-8-23-16-18-39-33(23)27)35(25)45-31(20)22(3)32-21(2)26-11-7-15-30(36(26)46-32)44-38(48)42-28-13-5-9-24-17-19-40-34(24)28/h4-19,22,39-40,45-46H,1-3H3,(H2,41,43,47)(H2,42,44,48). The lowest BCUT2D eigenvalue weighted by atomic mass is 9.96. The van der Waals surface area contributed by atoms with E-state index in [-0.39, 0.29) is 18.0 Å². The molecule has 0 bridgehead atoms. The van der Waals surface area contributed by atoms with Crippen LogP contribution < -0.4 is 21.3 Å². The molecular formula is C38H34N8O2. The minimum atomic E-state index is -0.327. The fourth-order valence-corrected chi connectivity index (χ4v) is 6.89. The molecular weight excluding hydrogens is 600 g/mol. The highest BCUT2D eigenvalue weighted by Crippen LogP contribution is 2.38. The lowest BCUT2D eigenvalue weighted by Crippen LogP contribution is -2.19. The molecule has 0 radical (unpaired) electrons. The van der Waals surface area contributed by atoms with Gasteiger partial charge in [-0.3, -0.25) is 0 Å². The van der Waals surface area contributed by atoms with E-state index in [9.17, 15) is 9.59 Å². The summed E-state index contributed by atoms with van der Waals surface area (Å²) in [6.07, 6.45) is 3.71. The summed E-state index contributed by atoms with van der Waals surface area (Å²) in [5.41, 5.74) is 10.5. The van der Waals surface area contributed by atoms with Crippen LogP contribution in [-0.4, -0.2) is 32.0 Å². The summed E-state index contributed by atoms with van der Waals surface area (Å²) in [4.78, 5) is 39.9. The van der Waals surface area contributed by atoms with Crippen molar-refractivity contribution >= 4 is 78.4 Å². The molecule has 4 amide bonds. The van der Waals surface area contributed by atoms with Gasteiger partial charge in [-0.2, -0.15) is 0 Å². The molecule has 48 heavy (non-hydrogen) atoms. The maximum atomic E-state index is 13.1. The van der Waals surface area contributed by atoms with Gasteiger partial charge in [-0.15, -0.1) is 0 Å². The van der Waals surface area contributed by atoms with Crippen molar-refractivity contribution in [2.24, 2.45) is 0 Å². The molecule has 8 N–H and O–H groups in total. The second kappa shape index (κ2) is 11.4. The van der Waals surface area contributed by atoms with Gasteiger partial charge in [-0.25, -0.2) is 9.59 Å². The van der Waals surface area contributed by atoms with Crippen LogP contribution in [0.2, 0.25) is 0 Å². The number of aromatic nitrogens is 4. The zero-order valence-electron chi connectivity index (χ0n) is 26.6. The number of H-pyrrole nitrogens is 4. The highest BCUT2D eigenvalue weighted by atomic mass is 16.2. The van der Waals surface area contributed by atoms with E-state index in [1.54, 1.807) is 0 Å². The molecule has 4 aromatic carbocycles. The maximum Gasteiger partial charge on any atom is 0.323 e. The molecule has 0 aliphatic carbocycles. The number of para-hydroxylation sites is 4. The van der Waals surface area contributed by atoms with E-state index in [1.807, 2.05) is 85.2 Å². The number of carbonyl (C=O) groups excluding carboxylic acids is 2. The fourth-order valence-electron chi connectivity index (χ4n) is 6.89. The summed E-state index contributed by atoms with van der Waals surface area (Å²) in [5, 5.41) is 16.2. The van der Waals surface area contributed by atoms with Crippen molar-refractivity contribution in [3.8, 4) is 0 Å². The van der Waals surface area contributed by atoms with E-state index >= 15 is 0 Å². The molecule has 238 valence electrons. The number of aryl methyl sites for hydroxylation is 2. The molecule has 4 aromatic heterocycles. The zero-order valence-corrected chi connectivity index (χ0v) is 26.6. The molecule has 8 aromatic rings. The Kier molecular flexibility index (Phi) is 6.91. The van der Waals surface area contributed by atoms with Crippen molar-refractivity contribution in [2.75, 3.05) is 21.3 Å². The predicted molar refractivity (Wildman–Crippen MR) is 195 cm³/mol. The van der Waals surface area contributed by atoms with Gasteiger partial charge in [0.05, 0.1) is 44.8 Å². The SMILES string of the molecule is Cc1c(C(C)c2[nH]c3c(NC(=O)Nc4cccc5cc[nH]c45)cccc3c2C)[nH]c2c(NC(=O)Nc3cccc4cc[nH]c34)cccc12. The topological polar surface area (TPSA) is 145 Å². The summed E-state index contributed by atoms with van der Waals surface area (Å²) < 4.78 is 0. The molecule has 10 heteroatoms. The van der Waals surface area contributed by atoms with Gasteiger partial charge in [-0.1, -0.05) is 55.5 Å². The van der Waals surface area contributed by atoms with Crippen molar-refractivity contribution in [3.05, 3.63) is 120 Å². The van der Waals surface area contributed by atoms with E-state index in [0.717, 1.165) is 66.1 Å². The Morgan fingerprint density at radius 2 is 0.896 bits per heavy atom. The molecule has 0 saturated heterocycles. The Bertz CT molecular complexity index is 2340. The number of hydrogen-bond donors (Lipinski definition) is 8. The van der Waals surface area contributed by atoms with Gasteiger partial charge in [-0.05, 0) is 61.4 Å². The summed E-state index contributed by atoms with van der Waals surface area (Å²) in [5.74, 6) is -0.0379. The number of amides is 4. The number of nitrogens with one attached hydrogen (secondary N) is 8. The van der Waals surface area contributed by atoms with Crippen LogP contribution in [0.1, 0.15) is 35.4 Å². The van der Waals surface area contributed by atoms with E-state index in [0.29, 0.717) is 22.7 Å². The second-order valence-electron chi connectivity index (χ2n) is 12.2. The Morgan fingerprint density at radius 1 is 0.521 bits per heavy atom. The van der Waals surface area contributed by atoms with Crippen molar-refractivity contribution in [3.63, 3.8) is 0 Å². The van der Waals surface area contributed by atoms with Gasteiger partial charge in [0.25, 0.3) is 0 Å². The molecule has 0 aliphatic rings. The van der Waals surface area contributed by atoms with Crippen molar-refractivity contribution < 1.29 is 9.59 Å². The summed E-state index contributed by atoms with van der Waals surface area (Å²) in [7, 11) is 0. The quantitative estimate of drug-likeness (QED) is 0.0921. The number of fused-ring (bicyclic) bond motifs is 4. The molecule has 8 rings (SSSR count). The largest absolute Gasteiger partial charge is 0.359 e. The third kappa shape index (κ3) is 4.91. The average molecular weight is 635 g/mol. The average Bonchev–Trinajstić information content (AvgIpc) is 3.88. The first-order valence-electron chi connectivity index (χ1n) is 15.9. The van der Waals surface area contributed by atoms with Crippen LogP contribution >= 0.6 is 0 Å². The van der Waals surface area contributed by atoms with Crippen LogP contribution in [0.25, 0.3) is 43.6 Å². The molecule has 0 unspecified atom stereocenters. The first-order valence-corrected chi connectivity index (χ1v) is 15.9. The van der Waals surface area contributed by atoms with E-state index in [1.165, 1.54) is 0 Å². The Hall–Kier alpha value is -6.42. The van der Waals surface area contributed by atoms with Gasteiger partial charge in [0, 0.05) is 51.2 Å². The number of hydrogen-bond acceptors (Lipinski definition) is 2. The van der Waals surface area contributed by atoms with Crippen LogP contribution in [0.3, 0.4) is 0 Å². The van der Waals surface area contributed by atoms with E-state index in [4.69, 9.17) is 0 Å². The smallest absolute Gasteiger partial charge is 0.323 e. The van der Waals surface area contributed by atoms with Crippen LogP contribution in [0.4, 0.5) is 32.3 Å². The number of carbonyl (C=O) groups is 2. The molecule has 0 spiro atoms. The normalized spacial score (nSPS) is 11.6. The Balaban J connectivity index is 1.06. The van der Waals surface area contributed by atoms with Crippen molar-refractivity contribution in [2.45, 2.75) is 26.7 Å². The van der Waals surface area contributed by atoms with Gasteiger partial charge in [0.1, 0.15) is 0 Å². The predicted octanol–water partition coefficient (Wildman–Crippen LogP) is 9.67. The third-order valence-electron chi connectivity index (χ3n) is 9.30. The van der Waals surface area contributed by atoms with Crippen LogP contribution in [-0.2, 0) is 0 Å². The molecule has 0 fully saturated rings. The van der Waals surface area contributed by atoms with Crippen molar-refractivity contribution in [1.29, 1.82) is 0 Å². The fraction of sp³-hybridized carbons (Fsp3) is 0.105. The number of urea groups is 2. The monoisotopic (exact) mass is 634 g/mol. The summed E-state index contributed by atoms with van der Waals surface area (Å²) in [6, 6.07) is 26.7. The number of benzene rings is 4. The zero-order chi connectivity index (χ0) is 32.9. The first kappa shape index (κ1) is 29.0. The Labute approximate surface area is 275 Å². The lowest BCUT2D eigenvalue weighted by molar-refractivity contribution is 0.261. The molecule has 10 nitrogen and oxygen atoms in total. The van der Waals surface area contributed by atoms with Crippen LogP contribution in [0.5, 0.6) is 0 Å². The molecule has 0 aliphatic heterocycles. The molecule has 0 atom stereocenters. The van der Waals surface area contributed by atoms with E-state index in [2.05, 4.69) is 74.1 Å². The second-order valence-corrected chi connectivity index (χ2v) is 12.2. The number of aromatic amines is 4. The summed E-state index contributed by atoms with van der Waals surface area (Å²) in [6.45, 7) is 6.35. The minimum absolute atomic E-state index is 0.0379. The van der Waals surface area contributed by atoms with E-state index < -0.39 is 0 Å². The van der Waals surface area contributed by atoms with Gasteiger partial charge in [0.15, 0.2) is 0 Å². The maximum absolute atomic E-state index is 13.1. The number of anilines is 4. The molecule has 0 saturated carbocycles. The molecule has 4 heterocycles. The first-order chi connectivity index (χ1) is 23.4. The highest BCUT2D eigenvalue weighted by Gasteiger charge is 2.23. The Morgan fingerprint density at radius 3 is 1.31 bits per heavy atom. The van der Waals surface area contributed by atoms with Crippen molar-refractivity contribution in [1.82, 2.24) is 19.9 Å². The number of rotatable bonds is 6. The van der Waals surface area contributed by atoms with Gasteiger partial charge < -0.3 is 41.2 Å². The van der Waals surface area contributed by atoms with Gasteiger partial charge >= 0.3 is 12.1 Å². The van der Waals surface area contributed by atoms with Crippen LogP contribution in [0.15, 0.2) is 97.3 Å². The highest BCUT2D eigenvalue weighted by molar-refractivity contribution is 6.10. The van der Waals surface area contributed by atoms with Crippen LogP contribution in [0, 0.1) is 13.8 Å². The summed E-state index contributed by atoms with van der Waals surface area (Å²) >= 11 is 0. The minimum Gasteiger partial charge on any atom is -0.359 e.